The van der Waals surface area contributed by atoms with Crippen LogP contribution in [0.3, 0.4) is 0 Å². The molecule has 1 N–H and O–H groups in total. The van der Waals surface area contributed by atoms with Gasteiger partial charge in [0.05, 0.1) is 12.0 Å². The fraction of sp³-hybridized carbons (Fsp3) is 0.130. The molecule has 0 fully saturated rings. The Labute approximate surface area is 174 Å². The van der Waals surface area contributed by atoms with Gasteiger partial charge in [-0.15, -0.1) is 10.2 Å². The van der Waals surface area contributed by atoms with Gasteiger partial charge in [-0.2, -0.15) is 0 Å². The lowest BCUT2D eigenvalue weighted by molar-refractivity contribution is 0.0952. The zero-order valence-corrected chi connectivity index (χ0v) is 16.3. The highest BCUT2D eigenvalue weighted by Crippen LogP contribution is 2.16. The summed E-state index contributed by atoms with van der Waals surface area (Å²) in [5.41, 5.74) is 3.01. The number of hydrogen-bond acceptors (Lipinski definition) is 4. The number of aromatic nitrogens is 5. The van der Waals surface area contributed by atoms with Crippen LogP contribution in [0.25, 0.3) is 5.69 Å². The third-order valence-electron chi connectivity index (χ3n) is 4.51. The molecule has 4 rings (SSSR count). The topological polar surface area (TPSA) is 77.6 Å². The molecule has 30 heavy (non-hydrogen) atoms. The van der Waals surface area contributed by atoms with Crippen molar-refractivity contribution in [3.8, 4) is 17.5 Å². The maximum atomic E-state index is 12.6. The van der Waals surface area contributed by atoms with E-state index < -0.39 is 0 Å². The molecule has 0 aliphatic rings. The quantitative estimate of drug-likeness (QED) is 0.402. The molecule has 1 amide bonds. The first-order valence-corrected chi connectivity index (χ1v) is 9.60. The summed E-state index contributed by atoms with van der Waals surface area (Å²) in [5.74, 6) is 6.21. The van der Waals surface area contributed by atoms with Gasteiger partial charge in [-0.1, -0.05) is 30.0 Å². The normalized spacial score (nSPS) is 10.3. The van der Waals surface area contributed by atoms with Crippen LogP contribution in [0.1, 0.15) is 27.9 Å². The number of aryl methyl sites for hydroxylation is 1. The minimum absolute atomic E-state index is 0.126. The minimum atomic E-state index is -0.126. The molecule has 0 unspecified atom stereocenters. The van der Waals surface area contributed by atoms with E-state index >= 15 is 0 Å². The molecule has 0 radical (unpaired) electrons. The molecule has 2 aromatic carbocycles. The minimum Gasteiger partial charge on any atom is -0.352 e. The molecule has 0 saturated heterocycles. The van der Waals surface area contributed by atoms with Gasteiger partial charge < -0.3 is 9.88 Å². The highest BCUT2D eigenvalue weighted by atomic mass is 16.1. The van der Waals surface area contributed by atoms with Crippen molar-refractivity contribution in [2.75, 3.05) is 6.54 Å². The zero-order chi connectivity index (χ0) is 20.6. The number of hydrogen-bond donors (Lipinski definition) is 1. The zero-order valence-electron chi connectivity index (χ0n) is 16.3. The van der Waals surface area contributed by atoms with E-state index in [1.807, 2.05) is 47.2 Å². The SMILES string of the molecule is O=C(NCCCn1ccnc1)c1ccc(-n2cnnc2)c(C#Cc2ccccc2)c1. The van der Waals surface area contributed by atoms with E-state index in [1.165, 1.54) is 0 Å². The summed E-state index contributed by atoms with van der Waals surface area (Å²) in [7, 11) is 0. The van der Waals surface area contributed by atoms with Crippen LogP contribution in [0.15, 0.2) is 79.9 Å². The van der Waals surface area contributed by atoms with Gasteiger partial charge in [0.1, 0.15) is 12.7 Å². The first-order valence-electron chi connectivity index (χ1n) is 9.60. The Balaban J connectivity index is 1.51. The summed E-state index contributed by atoms with van der Waals surface area (Å²) in [6.07, 6.45) is 9.46. The Hall–Kier alpha value is -4.18. The molecule has 0 atom stereocenters. The van der Waals surface area contributed by atoms with Gasteiger partial charge in [-0.3, -0.25) is 9.36 Å². The molecule has 148 valence electrons. The second kappa shape index (κ2) is 9.34. The Morgan fingerprint density at radius 3 is 2.60 bits per heavy atom. The fourth-order valence-electron chi connectivity index (χ4n) is 2.97. The lowest BCUT2D eigenvalue weighted by Crippen LogP contribution is -2.25. The van der Waals surface area contributed by atoms with Crippen molar-refractivity contribution >= 4 is 5.91 Å². The number of rotatable bonds is 6. The van der Waals surface area contributed by atoms with E-state index in [2.05, 4.69) is 32.3 Å². The lowest BCUT2D eigenvalue weighted by Gasteiger charge is -2.09. The predicted octanol–water partition coefficient (Wildman–Crippen LogP) is 2.68. The fourth-order valence-corrected chi connectivity index (χ4v) is 2.97. The molecule has 2 heterocycles. The average Bonchev–Trinajstić information content (AvgIpc) is 3.50. The number of amides is 1. The second-order valence-corrected chi connectivity index (χ2v) is 6.63. The van der Waals surface area contributed by atoms with Crippen LogP contribution >= 0.6 is 0 Å². The largest absolute Gasteiger partial charge is 0.352 e. The monoisotopic (exact) mass is 396 g/mol. The van der Waals surface area contributed by atoms with Crippen LogP contribution in [0.5, 0.6) is 0 Å². The van der Waals surface area contributed by atoms with Crippen molar-refractivity contribution in [2.45, 2.75) is 13.0 Å². The van der Waals surface area contributed by atoms with Gasteiger partial charge in [0.2, 0.25) is 0 Å². The average molecular weight is 396 g/mol. The molecule has 0 aliphatic carbocycles. The number of carbonyl (C=O) groups is 1. The number of nitrogens with one attached hydrogen (secondary N) is 1. The van der Waals surface area contributed by atoms with Gasteiger partial charge >= 0.3 is 0 Å². The first-order chi connectivity index (χ1) is 14.8. The second-order valence-electron chi connectivity index (χ2n) is 6.63. The van der Waals surface area contributed by atoms with E-state index in [9.17, 15) is 4.79 Å². The summed E-state index contributed by atoms with van der Waals surface area (Å²) in [6.45, 7) is 1.38. The van der Waals surface area contributed by atoms with E-state index in [0.29, 0.717) is 12.1 Å². The molecule has 0 saturated carbocycles. The molecule has 7 heteroatoms. The summed E-state index contributed by atoms with van der Waals surface area (Å²) >= 11 is 0. The molecule has 0 aliphatic heterocycles. The van der Waals surface area contributed by atoms with E-state index in [1.54, 1.807) is 41.9 Å². The summed E-state index contributed by atoms with van der Waals surface area (Å²) in [5, 5.41) is 10.7. The van der Waals surface area contributed by atoms with Crippen LogP contribution in [0, 0.1) is 11.8 Å². The highest BCUT2D eigenvalue weighted by molar-refractivity contribution is 5.95. The van der Waals surface area contributed by atoms with E-state index in [-0.39, 0.29) is 5.91 Å². The van der Waals surface area contributed by atoms with Crippen LogP contribution in [0.4, 0.5) is 0 Å². The van der Waals surface area contributed by atoms with Crippen molar-refractivity contribution in [3.63, 3.8) is 0 Å². The smallest absolute Gasteiger partial charge is 0.251 e. The standard InChI is InChI=1S/C23H20N6O/c30-23(25-11-4-13-28-14-12-24-16-28)21-9-10-22(29-17-26-27-18-29)20(15-21)8-7-19-5-2-1-3-6-19/h1-3,5-6,9-10,12,14-18H,4,11,13H2,(H,25,30). The summed E-state index contributed by atoms with van der Waals surface area (Å²) < 4.78 is 3.76. The molecular weight excluding hydrogens is 376 g/mol. The molecule has 7 nitrogen and oxygen atoms in total. The predicted molar refractivity (Wildman–Crippen MR) is 113 cm³/mol. The van der Waals surface area contributed by atoms with Crippen LogP contribution in [0.2, 0.25) is 0 Å². The highest BCUT2D eigenvalue weighted by Gasteiger charge is 2.10. The third-order valence-corrected chi connectivity index (χ3v) is 4.51. The third kappa shape index (κ3) is 4.80. The maximum absolute atomic E-state index is 12.6. The van der Waals surface area contributed by atoms with E-state index in [0.717, 1.165) is 29.8 Å². The molecular formula is C23H20N6O. The van der Waals surface area contributed by atoms with Crippen molar-refractivity contribution in [1.82, 2.24) is 29.6 Å². The summed E-state index contributed by atoms with van der Waals surface area (Å²) in [4.78, 5) is 16.6. The van der Waals surface area contributed by atoms with Crippen LogP contribution < -0.4 is 5.32 Å². The lowest BCUT2D eigenvalue weighted by atomic mass is 10.1. The first kappa shape index (κ1) is 19.2. The van der Waals surface area contributed by atoms with Gasteiger partial charge in [0.15, 0.2) is 0 Å². The van der Waals surface area contributed by atoms with Gasteiger partial charge in [-0.05, 0) is 36.8 Å². The number of benzene rings is 2. The van der Waals surface area contributed by atoms with Crippen LogP contribution in [-0.2, 0) is 6.54 Å². The summed E-state index contributed by atoms with van der Waals surface area (Å²) in [6, 6.07) is 15.2. The van der Waals surface area contributed by atoms with Gasteiger partial charge in [0.25, 0.3) is 5.91 Å². The van der Waals surface area contributed by atoms with Crippen molar-refractivity contribution < 1.29 is 4.79 Å². The van der Waals surface area contributed by atoms with Crippen molar-refractivity contribution in [1.29, 1.82) is 0 Å². The van der Waals surface area contributed by atoms with Gasteiger partial charge in [0, 0.05) is 42.2 Å². The number of imidazole rings is 1. The van der Waals surface area contributed by atoms with E-state index in [4.69, 9.17) is 0 Å². The van der Waals surface area contributed by atoms with Crippen molar-refractivity contribution in [2.24, 2.45) is 0 Å². The molecule has 0 bridgehead atoms. The Morgan fingerprint density at radius 2 is 1.83 bits per heavy atom. The molecule has 2 aromatic heterocycles. The number of nitrogens with zero attached hydrogens (tertiary/aromatic N) is 5. The number of carbonyl (C=O) groups excluding carboxylic acids is 1. The Kier molecular flexibility index (Phi) is 5.97. The molecule has 0 spiro atoms. The van der Waals surface area contributed by atoms with Gasteiger partial charge in [-0.25, -0.2) is 4.98 Å². The van der Waals surface area contributed by atoms with Crippen molar-refractivity contribution in [3.05, 3.63) is 96.6 Å². The van der Waals surface area contributed by atoms with Crippen LogP contribution in [-0.4, -0.2) is 36.8 Å². The Bertz CT molecular complexity index is 1160. The Morgan fingerprint density at radius 1 is 1.00 bits per heavy atom. The maximum Gasteiger partial charge on any atom is 0.251 e. The molecule has 4 aromatic rings.